The zero-order valence-electron chi connectivity index (χ0n) is 22.0. The summed E-state index contributed by atoms with van der Waals surface area (Å²) in [5.41, 5.74) is 6.30. The van der Waals surface area contributed by atoms with Crippen LogP contribution in [-0.4, -0.2) is 83.3 Å². The summed E-state index contributed by atoms with van der Waals surface area (Å²) in [5, 5.41) is 47.4. The van der Waals surface area contributed by atoms with Crippen molar-refractivity contribution in [3.8, 4) is 34.4 Å². The number of thioether (sulfide) groups is 2. The number of benzene rings is 1. The second-order valence-corrected chi connectivity index (χ2v) is 12.6. The van der Waals surface area contributed by atoms with E-state index in [1.165, 1.54) is 52.4 Å². The molecular weight excluding hydrogens is 650 g/mol. The summed E-state index contributed by atoms with van der Waals surface area (Å²) in [6.07, 6.45) is 5.16. The molecule has 19 heteroatoms. The number of fused-ring (bicyclic) bond motifs is 1. The molecule has 1 saturated heterocycles. The number of anilines is 1. The minimum absolute atomic E-state index is 0. The number of aromatic hydroxyl groups is 2. The maximum absolute atomic E-state index is 13.1. The molecule has 0 aliphatic carbocycles. The molecule has 4 heterocycles. The van der Waals surface area contributed by atoms with Crippen molar-refractivity contribution < 1.29 is 64.1 Å². The van der Waals surface area contributed by atoms with Crippen molar-refractivity contribution in [2.75, 3.05) is 23.8 Å². The number of thiazole rings is 1. The van der Waals surface area contributed by atoms with Gasteiger partial charge in [-0.1, -0.05) is 34.2 Å². The molecule has 5 N–H and O–H groups in total. The van der Waals surface area contributed by atoms with Gasteiger partial charge in [0.2, 0.25) is 0 Å². The molecule has 216 valence electrons. The van der Waals surface area contributed by atoms with E-state index in [4.69, 9.17) is 17.0 Å². The molecule has 43 heavy (non-hydrogen) atoms. The number of nitrogens with two attached hydrogens (primary N) is 1. The third-order valence-electron chi connectivity index (χ3n) is 5.81. The molecule has 3 aromatic rings. The number of nitrogens with zero attached hydrogens (tertiary/aromatic N) is 5. The Bertz CT molecular complexity index is 1690. The first-order chi connectivity index (χ1) is 20.2. The van der Waals surface area contributed by atoms with Crippen molar-refractivity contribution in [1.29, 1.82) is 0 Å². The molecule has 0 bridgehead atoms. The number of phenolic OH excluding ortho intramolecular Hbond substituents is 2. The number of carbonyl (C=O) groups is 3. The first kappa shape index (κ1) is 32.6. The number of aliphatic carboxylic acids is 1. The predicted octanol–water partition coefficient (Wildman–Crippen LogP) is -2.79. The van der Waals surface area contributed by atoms with E-state index < -0.39 is 29.2 Å². The number of nitrogen functional groups attached to an aromatic ring is 1. The molecule has 5 rings (SSSR count). The molecule has 2 aliphatic heterocycles. The molecule has 14 nitrogen and oxygen atoms in total. The molecule has 1 fully saturated rings. The summed E-state index contributed by atoms with van der Waals surface area (Å²) >= 11 is 4.80. The van der Waals surface area contributed by atoms with Crippen molar-refractivity contribution in [3.63, 3.8) is 0 Å². The Labute approximate surface area is 282 Å². The van der Waals surface area contributed by atoms with E-state index in [-0.39, 0.29) is 81.4 Å². The number of carboxylic acid groups (broad SMARTS) is 1. The van der Waals surface area contributed by atoms with Crippen LogP contribution in [0.15, 0.2) is 44.3 Å². The molecule has 2 aliphatic rings. The van der Waals surface area contributed by atoms with Crippen LogP contribution in [-0.2, 0) is 19.2 Å². The van der Waals surface area contributed by atoms with Gasteiger partial charge < -0.3 is 36.0 Å². The fourth-order valence-corrected chi connectivity index (χ4v) is 7.80. The summed E-state index contributed by atoms with van der Waals surface area (Å²) in [7, 11) is 0. The summed E-state index contributed by atoms with van der Waals surface area (Å²) in [4.78, 5) is 48.3. The van der Waals surface area contributed by atoms with Crippen molar-refractivity contribution in [1.82, 2.24) is 25.4 Å². The van der Waals surface area contributed by atoms with Gasteiger partial charge in [0.05, 0.1) is 11.7 Å². The number of rotatable bonds is 10. The zero-order valence-corrected chi connectivity index (χ0v) is 27.3. The van der Waals surface area contributed by atoms with Crippen LogP contribution in [0.5, 0.6) is 11.5 Å². The average Bonchev–Trinajstić information content (AvgIpc) is 3.62. The van der Waals surface area contributed by atoms with Gasteiger partial charge in [0.15, 0.2) is 33.3 Å². The minimum atomic E-state index is -1.52. The number of hydrogen-bond donors (Lipinski definition) is 4. The quantitative estimate of drug-likeness (QED) is 0.0252. The van der Waals surface area contributed by atoms with Gasteiger partial charge >= 0.3 is 29.6 Å². The summed E-state index contributed by atoms with van der Waals surface area (Å²) in [6, 6.07) is 3.23. The molecule has 0 saturated carbocycles. The molecule has 0 unspecified atom stereocenters. The number of hydrogen-bond acceptors (Lipinski definition) is 16. The Balaban J connectivity index is 0.00000423. The fraction of sp³-hybridized carbons (Fsp3) is 0.208. The van der Waals surface area contributed by atoms with Crippen LogP contribution in [0.3, 0.4) is 0 Å². The van der Waals surface area contributed by atoms with Gasteiger partial charge in [-0.2, -0.15) is 0 Å². The fourth-order valence-electron chi connectivity index (χ4n) is 3.92. The van der Waals surface area contributed by atoms with Crippen LogP contribution in [0, 0.1) is 12.3 Å². The van der Waals surface area contributed by atoms with Crippen LogP contribution in [0.2, 0.25) is 0 Å². The maximum Gasteiger partial charge on any atom is 1.00 e. The second-order valence-electron chi connectivity index (χ2n) is 8.45. The first-order valence-electron chi connectivity index (χ1n) is 11.7. The van der Waals surface area contributed by atoms with E-state index in [0.717, 1.165) is 16.2 Å². The monoisotopic (exact) mass is 667 g/mol. The van der Waals surface area contributed by atoms with Gasteiger partial charge in [0.1, 0.15) is 22.1 Å². The predicted molar refractivity (Wildman–Crippen MR) is 154 cm³/mol. The number of aromatic nitrogens is 3. The summed E-state index contributed by atoms with van der Waals surface area (Å²) in [6.45, 7) is -0.204. The molecule has 2 aromatic heterocycles. The van der Waals surface area contributed by atoms with E-state index in [1.807, 2.05) is 0 Å². The van der Waals surface area contributed by atoms with E-state index in [9.17, 15) is 29.7 Å². The van der Waals surface area contributed by atoms with Gasteiger partial charge in [-0.05, 0) is 23.8 Å². The minimum Gasteiger partial charge on any atom is -0.543 e. The molecule has 2 amide bonds. The standard InChI is InChI=1S/C24H19N7O7S4.Na/c1-2-5-38-30-15(12-9-40-23(25)26-12)18(34)27-16-20(35)31-17(22(36)37)11(7-39-21(16)31)8-41-24-29-28-19(42-24)10-3-4-13(32)14(33)6-10;/h1,3-4,6,9,16,21,32-33H,5,7-8H2,(H2,25,26)(H,27,34)(H,36,37);/q;+1/p-1/t16-,21+;/m1./s1. The normalized spacial score (nSPS) is 17.8. The van der Waals surface area contributed by atoms with E-state index >= 15 is 0 Å². The van der Waals surface area contributed by atoms with Crippen LogP contribution < -0.4 is 45.7 Å². The Morgan fingerprint density at radius 1 is 1.33 bits per heavy atom. The SMILES string of the molecule is C#CCON=C(C(=O)N[C@@H]1C(=O)N2C(C(=O)[O-])=C(CSc3nnc(-c4ccc(O)c(O)c4)s3)CS[C@@H]12)c1csc(N)n1.[Na+]. The Kier molecular flexibility index (Phi) is 10.6. The van der Waals surface area contributed by atoms with Crippen molar-refractivity contribution in [2.45, 2.75) is 15.8 Å². The van der Waals surface area contributed by atoms with Crippen LogP contribution in [0.1, 0.15) is 5.69 Å². The van der Waals surface area contributed by atoms with Gasteiger partial charge in [-0.15, -0.1) is 39.7 Å². The van der Waals surface area contributed by atoms with E-state index in [2.05, 4.69) is 31.6 Å². The first-order valence-corrected chi connectivity index (χ1v) is 15.4. The van der Waals surface area contributed by atoms with Crippen molar-refractivity contribution in [3.05, 3.63) is 40.5 Å². The summed E-state index contributed by atoms with van der Waals surface area (Å²) < 4.78 is 0.525. The Morgan fingerprint density at radius 2 is 2.12 bits per heavy atom. The maximum atomic E-state index is 13.1. The second kappa shape index (κ2) is 14.0. The Hall–Kier alpha value is -3.31. The number of terminal acetylenes is 1. The van der Waals surface area contributed by atoms with E-state index in [0.29, 0.717) is 20.5 Å². The third-order valence-corrected chi connectivity index (χ3v) is 10.0. The van der Waals surface area contributed by atoms with Crippen LogP contribution in [0.25, 0.3) is 10.6 Å². The molecule has 2 atom stereocenters. The van der Waals surface area contributed by atoms with E-state index in [1.54, 1.807) is 6.07 Å². The smallest absolute Gasteiger partial charge is 0.543 e. The third kappa shape index (κ3) is 6.93. The number of nitrogens with one attached hydrogen (secondary N) is 1. The molecule has 0 radical (unpaired) electrons. The van der Waals surface area contributed by atoms with Gasteiger partial charge in [0.25, 0.3) is 11.8 Å². The van der Waals surface area contributed by atoms with Crippen molar-refractivity contribution >= 4 is 74.8 Å². The zero-order chi connectivity index (χ0) is 30.0. The number of phenols is 2. The van der Waals surface area contributed by atoms with Crippen LogP contribution >= 0.6 is 46.2 Å². The average molecular weight is 668 g/mol. The molecule has 0 spiro atoms. The van der Waals surface area contributed by atoms with Crippen molar-refractivity contribution in [2.24, 2.45) is 5.16 Å². The van der Waals surface area contributed by atoms with Gasteiger partial charge in [0, 0.05) is 22.4 Å². The number of carboxylic acids is 1. The van der Waals surface area contributed by atoms with Gasteiger partial charge in [-0.25, -0.2) is 4.98 Å². The summed E-state index contributed by atoms with van der Waals surface area (Å²) in [5.74, 6) is -0.818. The Morgan fingerprint density at radius 3 is 2.79 bits per heavy atom. The number of amides is 2. The molecule has 1 aromatic carbocycles. The van der Waals surface area contributed by atoms with Gasteiger partial charge in [-0.3, -0.25) is 14.5 Å². The topological polar surface area (TPSA) is 216 Å². The molecular formula is C24H18N7NaO7S4. The number of oxime groups is 1. The number of carbonyl (C=O) groups excluding carboxylic acids is 3. The van der Waals surface area contributed by atoms with Crippen LogP contribution in [0.4, 0.5) is 5.13 Å². The number of β-lactam (4-membered cyclic amide) rings is 1. The largest absolute Gasteiger partial charge is 1.00 e.